The molecule has 1 N–H and O–H groups in total. The number of para-hydroxylation sites is 1. The molecule has 116 valence electrons. The third kappa shape index (κ3) is 3.83. The summed E-state index contributed by atoms with van der Waals surface area (Å²) in [6.45, 7) is 10.2. The van der Waals surface area contributed by atoms with E-state index in [1.807, 2.05) is 0 Å². The minimum atomic E-state index is -0.0999. The Hall–Kier alpha value is -1.39. The van der Waals surface area contributed by atoms with Crippen LogP contribution in [-0.2, 0) is 17.8 Å². The van der Waals surface area contributed by atoms with Gasteiger partial charge >= 0.3 is 0 Å². The van der Waals surface area contributed by atoms with Crippen LogP contribution in [-0.4, -0.2) is 28.5 Å². The number of nitrogens with zero attached hydrogens (tertiary/aromatic N) is 2. The lowest BCUT2D eigenvalue weighted by atomic mass is 10.00. The van der Waals surface area contributed by atoms with Gasteiger partial charge in [-0.3, -0.25) is 4.68 Å². The molecular weight excluding hydrogens is 262 g/mol. The highest BCUT2D eigenvalue weighted by Gasteiger charge is 2.20. The molecule has 0 spiro atoms. The number of methoxy groups -OCH3 is 1. The topological polar surface area (TPSA) is 39.1 Å². The monoisotopic (exact) mass is 289 g/mol. The molecule has 0 amide bonds. The molecule has 4 heteroatoms. The van der Waals surface area contributed by atoms with Crippen LogP contribution in [0.2, 0.25) is 0 Å². The van der Waals surface area contributed by atoms with E-state index in [-0.39, 0.29) is 5.60 Å². The van der Waals surface area contributed by atoms with Crippen molar-refractivity contribution in [1.29, 1.82) is 0 Å². The molecule has 1 aromatic carbocycles. The van der Waals surface area contributed by atoms with Crippen LogP contribution in [0.4, 0.5) is 0 Å². The Morgan fingerprint density at radius 1 is 1.33 bits per heavy atom. The van der Waals surface area contributed by atoms with Gasteiger partial charge in [0.2, 0.25) is 0 Å². The third-order valence-electron chi connectivity index (χ3n) is 4.00. The van der Waals surface area contributed by atoms with Gasteiger partial charge in [-0.15, -0.1) is 0 Å². The standard InChI is InChI=1S/C17H27N3O/c1-6-20-16-10-8-7-9-14(16)15(19-20)12-18-13(2)11-17(3,4)21-5/h7-10,13,18H,6,11-12H2,1-5H3. The Labute approximate surface area is 127 Å². The maximum atomic E-state index is 5.49. The molecule has 0 aliphatic heterocycles. The van der Waals surface area contributed by atoms with Gasteiger partial charge in [0.15, 0.2) is 0 Å². The predicted octanol–water partition coefficient (Wildman–Crippen LogP) is 3.35. The van der Waals surface area contributed by atoms with Crippen molar-refractivity contribution in [2.24, 2.45) is 0 Å². The number of hydrogen-bond donors (Lipinski definition) is 1. The first-order valence-electron chi connectivity index (χ1n) is 7.70. The Kier molecular flexibility index (Phi) is 5.01. The summed E-state index contributed by atoms with van der Waals surface area (Å²) in [4.78, 5) is 0. The van der Waals surface area contributed by atoms with Crippen molar-refractivity contribution in [3.63, 3.8) is 0 Å². The Morgan fingerprint density at radius 2 is 2.05 bits per heavy atom. The quantitative estimate of drug-likeness (QED) is 0.849. The summed E-state index contributed by atoms with van der Waals surface area (Å²) in [7, 11) is 1.77. The number of aromatic nitrogens is 2. The molecule has 0 aliphatic carbocycles. The lowest BCUT2D eigenvalue weighted by molar-refractivity contribution is 0.00842. The molecule has 2 rings (SSSR count). The molecule has 1 aromatic heterocycles. The summed E-state index contributed by atoms with van der Waals surface area (Å²) in [5.74, 6) is 0. The Morgan fingerprint density at radius 3 is 2.71 bits per heavy atom. The van der Waals surface area contributed by atoms with Gasteiger partial charge in [-0.05, 0) is 40.2 Å². The fourth-order valence-corrected chi connectivity index (χ4v) is 2.73. The van der Waals surface area contributed by atoms with Crippen LogP contribution in [0.1, 0.15) is 39.8 Å². The zero-order valence-electron chi connectivity index (χ0n) is 13.8. The van der Waals surface area contributed by atoms with Crippen molar-refractivity contribution < 1.29 is 4.74 Å². The lowest BCUT2D eigenvalue weighted by Crippen LogP contribution is -2.35. The summed E-state index contributed by atoms with van der Waals surface area (Å²) in [6.07, 6.45) is 0.968. The average Bonchev–Trinajstić information content (AvgIpc) is 2.83. The second-order valence-electron chi connectivity index (χ2n) is 6.23. The van der Waals surface area contributed by atoms with Gasteiger partial charge in [0, 0.05) is 31.6 Å². The Balaban J connectivity index is 2.07. The van der Waals surface area contributed by atoms with Crippen LogP contribution in [0, 0.1) is 0 Å². The first kappa shape index (κ1) is 16.0. The van der Waals surface area contributed by atoms with Crippen molar-refractivity contribution >= 4 is 10.9 Å². The maximum absolute atomic E-state index is 5.49. The van der Waals surface area contributed by atoms with E-state index in [9.17, 15) is 0 Å². The van der Waals surface area contributed by atoms with Crippen LogP contribution < -0.4 is 5.32 Å². The largest absolute Gasteiger partial charge is 0.379 e. The molecule has 2 aromatic rings. The zero-order valence-corrected chi connectivity index (χ0v) is 13.8. The zero-order chi connectivity index (χ0) is 15.5. The molecule has 0 fully saturated rings. The van der Waals surface area contributed by atoms with Crippen molar-refractivity contribution in [3.05, 3.63) is 30.0 Å². The highest BCUT2D eigenvalue weighted by atomic mass is 16.5. The highest BCUT2D eigenvalue weighted by Crippen LogP contribution is 2.19. The average molecular weight is 289 g/mol. The fourth-order valence-electron chi connectivity index (χ4n) is 2.73. The van der Waals surface area contributed by atoms with Crippen LogP contribution >= 0.6 is 0 Å². The van der Waals surface area contributed by atoms with Crippen LogP contribution in [0.3, 0.4) is 0 Å². The molecule has 0 saturated heterocycles. The fraction of sp³-hybridized carbons (Fsp3) is 0.588. The summed E-state index contributed by atoms with van der Waals surface area (Å²) >= 11 is 0. The number of rotatable bonds is 7. The number of nitrogens with one attached hydrogen (secondary N) is 1. The smallest absolute Gasteiger partial charge is 0.0841 e. The molecule has 0 bridgehead atoms. The predicted molar refractivity (Wildman–Crippen MR) is 87.4 cm³/mol. The summed E-state index contributed by atoms with van der Waals surface area (Å²) in [5, 5.41) is 9.52. The molecule has 1 atom stereocenters. The minimum absolute atomic E-state index is 0.0999. The second-order valence-corrected chi connectivity index (χ2v) is 6.23. The van der Waals surface area contributed by atoms with E-state index in [1.165, 1.54) is 10.9 Å². The molecular formula is C17H27N3O. The molecule has 21 heavy (non-hydrogen) atoms. The van der Waals surface area contributed by atoms with Gasteiger partial charge in [0.25, 0.3) is 0 Å². The van der Waals surface area contributed by atoms with E-state index < -0.39 is 0 Å². The van der Waals surface area contributed by atoms with Crippen molar-refractivity contribution in [3.8, 4) is 0 Å². The van der Waals surface area contributed by atoms with Gasteiger partial charge in [-0.25, -0.2) is 0 Å². The molecule has 0 saturated carbocycles. The van der Waals surface area contributed by atoms with Gasteiger partial charge in [0.1, 0.15) is 0 Å². The van der Waals surface area contributed by atoms with Crippen molar-refractivity contribution in [2.45, 2.75) is 58.8 Å². The molecule has 0 radical (unpaired) electrons. The van der Waals surface area contributed by atoms with Crippen molar-refractivity contribution in [2.75, 3.05) is 7.11 Å². The molecule has 1 heterocycles. The lowest BCUT2D eigenvalue weighted by Gasteiger charge is -2.27. The normalized spacial score (nSPS) is 13.8. The van der Waals surface area contributed by atoms with Gasteiger partial charge in [0.05, 0.1) is 16.8 Å². The third-order valence-corrected chi connectivity index (χ3v) is 4.00. The molecule has 4 nitrogen and oxygen atoms in total. The number of fused-ring (bicyclic) bond motifs is 1. The molecule has 0 aliphatic rings. The van der Waals surface area contributed by atoms with Crippen LogP contribution in [0.25, 0.3) is 10.9 Å². The number of hydrogen-bond acceptors (Lipinski definition) is 3. The summed E-state index contributed by atoms with van der Waals surface area (Å²) in [6, 6.07) is 8.80. The number of ether oxygens (including phenoxy) is 1. The molecule has 1 unspecified atom stereocenters. The number of aryl methyl sites for hydroxylation is 1. The minimum Gasteiger partial charge on any atom is -0.379 e. The van der Waals surface area contributed by atoms with Crippen LogP contribution in [0.5, 0.6) is 0 Å². The number of benzene rings is 1. The van der Waals surface area contributed by atoms with Gasteiger partial charge in [-0.1, -0.05) is 18.2 Å². The van der Waals surface area contributed by atoms with Crippen LogP contribution in [0.15, 0.2) is 24.3 Å². The van der Waals surface area contributed by atoms with Crippen molar-refractivity contribution in [1.82, 2.24) is 15.1 Å². The summed E-state index contributed by atoms with van der Waals surface area (Å²) < 4.78 is 7.56. The second kappa shape index (κ2) is 6.58. The SMILES string of the molecule is CCn1nc(CNC(C)CC(C)(C)OC)c2ccccc21. The maximum Gasteiger partial charge on any atom is 0.0841 e. The highest BCUT2D eigenvalue weighted by molar-refractivity contribution is 5.81. The summed E-state index contributed by atoms with van der Waals surface area (Å²) in [5.41, 5.74) is 2.23. The Bertz CT molecular complexity index is 589. The first-order chi connectivity index (χ1) is 9.96. The van der Waals surface area contributed by atoms with Gasteiger partial charge < -0.3 is 10.1 Å². The first-order valence-corrected chi connectivity index (χ1v) is 7.70. The van der Waals surface area contributed by atoms with E-state index in [0.717, 1.165) is 25.2 Å². The van der Waals surface area contributed by atoms with E-state index in [0.29, 0.717) is 6.04 Å². The van der Waals surface area contributed by atoms with E-state index >= 15 is 0 Å². The van der Waals surface area contributed by atoms with Gasteiger partial charge in [-0.2, -0.15) is 5.10 Å². The van der Waals surface area contributed by atoms with E-state index in [1.54, 1.807) is 7.11 Å². The van der Waals surface area contributed by atoms with E-state index in [4.69, 9.17) is 9.84 Å². The van der Waals surface area contributed by atoms with E-state index in [2.05, 4.69) is 62.0 Å².